The van der Waals surface area contributed by atoms with Crippen molar-refractivity contribution in [3.63, 3.8) is 0 Å². The third-order valence-electron chi connectivity index (χ3n) is 7.57. The van der Waals surface area contributed by atoms with Gasteiger partial charge in [0.15, 0.2) is 0 Å². The maximum absolute atomic E-state index is 13.2. The predicted molar refractivity (Wildman–Crippen MR) is 114 cm³/mol. The van der Waals surface area contributed by atoms with Crippen LogP contribution in [-0.4, -0.2) is 17.8 Å². The highest BCUT2D eigenvalue weighted by molar-refractivity contribution is 6.22. The summed E-state index contributed by atoms with van der Waals surface area (Å²) >= 11 is 0. The zero-order chi connectivity index (χ0) is 21.3. The van der Waals surface area contributed by atoms with Gasteiger partial charge in [0.25, 0.3) is 0 Å². The Kier molecular flexibility index (Phi) is 3.98. The first-order chi connectivity index (χ1) is 15.1. The Morgan fingerprint density at radius 2 is 1.48 bits per heavy atom. The van der Waals surface area contributed by atoms with Gasteiger partial charge in [-0.15, -0.1) is 0 Å². The third kappa shape index (κ3) is 2.72. The number of anilines is 1. The first-order valence-corrected chi connectivity index (χ1v) is 11.0. The SMILES string of the molecule is CCc1ccc(OC(=O)c2ccc(N3C(=O)[C@@H]4[C@H]5C=C[C@H]([C@H]6C[C@H]56)[C@@H]4C3=O)cc2)cc1. The van der Waals surface area contributed by atoms with Gasteiger partial charge >= 0.3 is 5.97 Å². The highest BCUT2D eigenvalue weighted by Crippen LogP contribution is 2.65. The fraction of sp³-hybridized carbons (Fsp3) is 0.346. The number of carbonyl (C=O) groups is 3. The Balaban J connectivity index is 1.20. The van der Waals surface area contributed by atoms with Gasteiger partial charge in [-0.2, -0.15) is 0 Å². The van der Waals surface area contributed by atoms with E-state index in [1.54, 1.807) is 36.4 Å². The van der Waals surface area contributed by atoms with Crippen LogP contribution in [0.25, 0.3) is 0 Å². The second kappa shape index (κ2) is 6.64. The number of hydrogen-bond acceptors (Lipinski definition) is 4. The smallest absolute Gasteiger partial charge is 0.343 e. The molecule has 3 fully saturated rings. The number of amides is 2. The van der Waals surface area contributed by atoms with Crippen molar-refractivity contribution in [2.24, 2.45) is 35.5 Å². The van der Waals surface area contributed by atoms with E-state index in [0.717, 1.165) is 12.8 Å². The minimum Gasteiger partial charge on any atom is -0.423 e. The van der Waals surface area contributed by atoms with Crippen LogP contribution in [0, 0.1) is 35.5 Å². The van der Waals surface area contributed by atoms with Gasteiger partial charge in [-0.05, 0) is 78.5 Å². The number of allylic oxidation sites excluding steroid dienone is 2. The Bertz CT molecular complexity index is 1080. The lowest BCUT2D eigenvalue weighted by Crippen LogP contribution is -2.40. The van der Waals surface area contributed by atoms with E-state index in [2.05, 4.69) is 19.1 Å². The molecule has 4 aliphatic carbocycles. The molecule has 0 unspecified atom stereocenters. The molecule has 0 spiro atoms. The number of ether oxygens (including phenoxy) is 1. The second-order valence-electron chi connectivity index (χ2n) is 9.10. The number of rotatable bonds is 4. The lowest BCUT2D eigenvalue weighted by molar-refractivity contribution is -0.124. The Hall–Kier alpha value is -3.21. The van der Waals surface area contributed by atoms with Crippen molar-refractivity contribution in [2.45, 2.75) is 19.8 Å². The molecule has 5 aliphatic rings. The predicted octanol–water partition coefficient (Wildman–Crippen LogP) is 4.03. The van der Waals surface area contributed by atoms with Crippen molar-refractivity contribution in [1.29, 1.82) is 0 Å². The normalized spacial score (nSPS) is 32.1. The van der Waals surface area contributed by atoms with Crippen LogP contribution < -0.4 is 9.64 Å². The lowest BCUT2D eigenvalue weighted by Gasteiger charge is -2.37. The standard InChI is InChI=1S/C26H23NO4/c1-2-14-3-9-17(10-4-14)31-26(30)15-5-7-16(8-6-15)27-24(28)22-18-11-12-19(21-13-20(18)21)23(22)25(27)29/h3-12,18-23H,2,13H2,1H3/t18-,19+,20-,21-,22+,23-/m1/s1. The molecule has 0 radical (unpaired) electrons. The first kappa shape index (κ1) is 18.6. The Morgan fingerprint density at radius 3 is 2.03 bits per heavy atom. The molecule has 5 heteroatoms. The van der Waals surface area contributed by atoms with Crippen LogP contribution in [0.15, 0.2) is 60.7 Å². The van der Waals surface area contributed by atoms with Crippen molar-refractivity contribution in [1.82, 2.24) is 0 Å². The average Bonchev–Trinajstić information content (AvgIpc) is 3.58. The molecule has 5 nitrogen and oxygen atoms in total. The van der Waals surface area contributed by atoms with Crippen LogP contribution in [0.3, 0.4) is 0 Å². The summed E-state index contributed by atoms with van der Waals surface area (Å²) in [7, 11) is 0. The summed E-state index contributed by atoms with van der Waals surface area (Å²) in [6.07, 6.45) is 6.40. The Labute approximate surface area is 180 Å². The maximum Gasteiger partial charge on any atom is 0.343 e. The summed E-state index contributed by atoms with van der Waals surface area (Å²) in [6, 6.07) is 14.0. The molecule has 2 saturated carbocycles. The molecule has 6 atom stereocenters. The van der Waals surface area contributed by atoms with Crippen LogP contribution in [0.4, 0.5) is 5.69 Å². The van der Waals surface area contributed by atoms with Gasteiger partial charge in [0.1, 0.15) is 5.75 Å². The molecular formula is C26H23NO4. The van der Waals surface area contributed by atoms with Crippen LogP contribution in [-0.2, 0) is 16.0 Å². The van der Waals surface area contributed by atoms with Crippen molar-refractivity contribution in [3.8, 4) is 5.75 Å². The second-order valence-corrected chi connectivity index (χ2v) is 9.10. The van der Waals surface area contributed by atoms with Gasteiger partial charge in [0.2, 0.25) is 11.8 Å². The largest absolute Gasteiger partial charge is 0.423 e. The van der Waals surface area contributed by atoms with E-state index in [9.17, 15) is 14.4 Å². The number of nitrogens with zero attached hydrogens (tertiary/aromatic N) is 1. The van der Waals surface area contributed by atoms with Gasteiger partial charge in [-0.25, -0.2) is 4.79 Å². The van der Waals surface area contributed by atoms with Crippen molar-refractivity contribution >= 4 is 23.5 Å². The van der Waals surface area contributed by atoms with E-state index in [1.165, 1.54) is 10.5 Å². The molecule has 31 heavy (non-hydrogen) atoms. The minimum absolute atomic E-state index is 0.0916. The van der Waals surface area contributed by atoms with Crippen molar-refractivity contribution in [2.75, 3.05) is 4.90 Å². The molecule has 0 N–H and O–H groups in total. The van der Waals surface area contributed by atoms with E-state index in [4.69, 9.17) is 4.74 Å². The third-order valence-corrected chi connectivity index (χ3v) is 7.57. The molecule has 156 valence electrons. The number of benzene rings is 2. The summed E-state index contributed by atoms with van der Waals surface area (Å²) in [5.74, 6) is 0.964. The van der Waals surface area contributed by atoms with E-state index in [-0.39, 0.29) is 35.5 Å². The van der Waals surface area contributed by atoms with Gasteiger partial charge in [0.05, 0.1) is 23.1 Å². The van der Waals surface area contributed by atoms with Gasteiger partial charge in [-0.3, -0.25) is 14.5 Å². The van der Waals surface area contributed by atoms with Gasteiger partial charge in [-0.1, -0.05) is 31.2 Å². The summed E-state index contributed by atoms with van der Waals surface area (Å²) in [4.78, 5) is 40.2. The summed E-state index contributed by atoms with van der Waals surface area (Å²) in [5.41, 5.74) is 2.08. The highest BCUT2D eigenvalue weighted by Gasteiger charge is 2.67. The van der Waals surface area contributed by atoms with E-state index < -0.39 is 5.97 Å². The van der Waals surface area contributed by atoms with E-state index in [0.29, 0.717) is 28.8 Å². The average molecular weight is 413 g/mol. The first-order valence-electron chi connectivity index (χ1n) is 11.0. The number of hydrogen-bond donors (Lipinski definition) is 0. The molecule has 7 rings (SSSR count). The molecule has 2 aromatic carbocycles. The number of imide groups is 1. The minimum atomic E-state index is -0.467. The summed E-state index contributed by atoms with van der Waals surface area (Å²) in [6.45, 7) is 2.07. The molecule has 2 bridgehead atoms. The van der Waals surface area contributed by atoms with Crippen molar-refractivity contribution < 1.29 is 19.1 Å². The van der Waals surface area contributed by atoms with E-state index in [1.807, 2.05) is 12.1 Å². The van der Waals surface area contributed by atoms with Crippen molar-refractivity contribution in [3.05, 3.63) is 71.8 Å². The molecule has 1 saturated heterocycles. The molecule has 2 amide bonds. The number of aryl methyl sites for hydroxylation is 1. The van der Waals surface area contributed by atoms with Gasteiger partial charge < -0.3 is 4.74 Å². The summed E-state index contributed by atoms with van der Waals surface area (Å²) in [5, 5.41) is 0. The maximum atomic E-state index is 13.2. The van der Waals surface area contributed by atoms with E-state index >= 15 is 0 Å². The molecule has 1 aliphatic heterocycles. The topological polar surface area (TPSA) is 63.7 Å². The van der Waals surface area contributed by atoms with Gasteiger partial charge in [0, 0.05) is 0 Å². The fourth-order valence-corrected chi connectivity index (χ4v) is 5.92. The highest BCUT2D eigenvalue weighted by atomic mass is 16.5. The lowest BCUT2D eigenvalue weighted by atomic mass is 9.63. The zero-order valence-electron chi connectivity index (χ0n) is 17.2. The van der Waals surface area contributed by atoms with Crippen LogP contribution in [0.2, 0.25) is 0 Å². The molecule has 1 heterocycles. The molecule has 0 aromatic heterocycles. The quantitative estimate of drug-likeness (QED) is 0.329. The van der Waals surface area contributed by atoms with Crippen LogP contribution in [0.1, 0.15) is 29.3 Å². The molecule has 2 aromatic rings. The molecular weight excluding hydrogens is 390 g/mol. The number of carbonyl (C=O) groups excluding carboxylic acids is 3. The Morgan fingerprint density at radius 1 is 0.903 bits per heavy atom. The zero-order valence-corrected chi connectivity index (χ0v) is 17.2. The fourth-order valence-electron chi connectivity index (χ4n) is 5.92. The van der Waals surface area contributed by atoms with Crippen LogP contribution >= 0.6 is 0 Å². The summed E-state index contributed by atoms with van der Waals surface area (Å²) < 4.78 is 5.44. The number of esters is 1. The monoisotopic (exact) mass is 413 g/mol. The van der Waals surface area contributed by atoms with Crippen LogP contribution in [0.5, 0.6) is 5.75 Å².